The van der Waals surface area contributed by atoms with Crippen LogP contribution in [0.15, 0.2) is 24.3 Å². The summed E-state index contributed by atoms with van der Waals surface area (Å²) in [7, 11) is 0. The zero-order chi connectivity index (χ0) is 22.4. The van der Waals surface area contributed by atoms with Gasteiger partial charge in [-0.3, -0.25) is 0 Å². The molecular formula is C20H16F2N6O3S. The summed E-state index contributed by atoms with van der Waals surface area (Å²) in [5, 5.41) is 19.4. The topological polar surface area (TPSA) is 117 Å². The summed E-state index contributed by atoms with van der Waals surface area (Å²) in [6, 6.07) is 6.05. The molecule has 5 rings (SSSR count). The van der Waals surface area contributed by atoms with Crippen molar-refractivity contribution in [3.05, 3.63) is 46.6 Å². The van der Waals surface area contributed by atoms with Gasteiger partial charge >= 0.3 is 6.09 Å². The smallest absolute Gasteiger partial charge is 0.410 e. The Morgan fingerprint density at radius 3 is 2.78 bits per heavy atom. The second kappa shape index (κ2) is 7.88. The number of nitrogens with one attached hydrogen (secondary N) is 1. The summed E-state index contributed by atoms with van der Waals surface area (Å²) < 4.78 is 34.4. The molecule has 164 valence electrons. The summed E-state index contributed by atoms with van der Waals surface area (Å²) in [4.78, 5) is 23.0. The number of H-pyrrole nitrogens is 1. The molecule has 1 amide bonds. The van der Waals surface area contributed by atoms with Gasteiger partial charge in [0.15, 0.2) is 22.7 Å². The van der Waals surface area contributed by atoms with Gasteiger partial charge in [0.1, 0.15) is 11.6 Å². The van der Waals surface area contributed by atoms with Crippen molar-refractivity contribution in [1.29, 1.82) is 0 Å². The van der Waals surface area contributed by atoms with Crippen LogP contribution < -0.4 is 0 Å². The second-order valence-corrected chi connectivity index (χ2v) is 8.37. The van der Waals surface area contributed by atoms with E-state index in [1.54, 1.807) is 25.1 Å². The Hall–Kier alpha value is -3.51. The molecule has 2 N–H and O–H groups in total. The van der Waals surface area contributed by atoms with E-state index in [1.165, 1.54) is 16.2 Å². The third-order valence-electron chi connectivity index (χ3n) is 5.03. The fourth-order valence-corrected chi connectivity index (χ4v) is 4.35. The van der Waals surface area contributed by atoms with E-state index < -0.39 is 23.8 Å². The normalized spacial score (nSPS) is 14.1. The van der Waals surface area contributed by atoms with Gasteiger partial charge in [0.2, 0.25) is 0 Å². The highest BCUT2D eigenvalue weighted by atomic mass is 32.1. The molecule has 0 aliphatic carbocycles. The first kappa shape index (κ1) is 20.4. The SMILES string of the molecule is Cc1nc(COC(=O)N2CC(O)C2)sc1-c1cccc(-c2cc(F)c3n[nH]nc3c2F)n1. The third-order valence-corrected chi connectivity index (χ3v) is 6.18. The Kier molecular flexibility index (Phi) is 5.02. The highest BCUT2D eigenvalue weighted by molar-refractivity contribution is 7.15. The Morgan fingerprint density at radius 2 is 2.00 bits per heavy atom. The van der Waals surface area contributed by atoms with Crippen LogP contribution in [0, 0.1) is 18.6 Å². The molecule has 0 unspecified atom stereocenters. The molecule has 1 saturated heterocycles. The number of nitrogens with zero attached hydrogens (tertiary/aromatic N) is 5. The minimum absolute atomic E-state index is 0.0146. The number of carbonyl (C=O) groups excluding carboxylic acids is 1. The Morgan fingerprint density at radius 1 is 1.25 bits per heavy atom. The molecule has 4 aromatic rings. The van der Waals surface area contributed by atoms with E-state index in [2.05, 4.69) is 25.4 Å². The predicted molar refractivity (Wildman–Crippen MR) is 111 cm³/mol. The summed E-state index contributed by atoms with van der Waals surface area (Å²) in [6.07, 6.45) is -1.01. The Bertz CT molecular complexity index is 1330. The van der Waals surface area contributed by atoms with Gasteiger partial charge in [-0.2, -0.15) is 15.4 Å². The number of likely N-dealkylation sites (tertiary alicyclic amines) is 1. The van der Waals surface area contributed by atoms with Gasteiger partial charge in [0.05, 0.1) is 41.2 Å². The lowest BCUT2D eigenvalue weighted by Gasteiger charge is -2.34. The average Bonchev–Trinajstić information content (AvgIpc) is 3.40. The van der Waals surface area contributed by atoms with E-state index in [1.807, 2.05) is 0 Å². The molecule has 4 heterocycles. The zero-order valence-electron chi connectivity index (χ0n) is 16.7. The number of carbonyl (C=O) groups is 1. The number of aliphatic hydroxyl groups excluding tert-OH is 1. The number of amides is 1. The first-order chi connectivity index (χ1) is 15.4. The lowest BCUT2D eigenvalue weighted by Crippen LogP contribution is -2.53. The van der Waals surface area contributed by atoms with Crippen molar-refractivity contribution in [3.63, 3.8) is 0 Å². The molecule has 0 saturated carbocycles. The molecule has 32 heavy (non-hydrogen) atoms. The molecule has 9 nitrogen and oxygen atoms in total. The fraction of sp³-hybridized carbons (Fsp3) is 0.250. The van der Waals surface area contributed by atoms with Crippen LogP contribution in [0.1, 0.15) is 10.7 Å². The summed E-state index contributed by atoms with van der Waals surface area (Å²) in [5.41, 5.74) is 1.04. The number of halogens is 2. The minimum Gasteiger partial charge on any atom is -0.442 e. The minimum atomic E-state index is -0.718. The van der Waals surface area contributed by atoms with E-state index in [0.717, 1.165) is 10.9 Å². The molecule has 3 aromatic heterocycles. The quantitative estimate of drug-likeness (QED) is 0.483. The number of hydrogen-bond acceptors (Lipinski definition) is 8. The third kappa shape index (κ3) is 3.56. The van der Waals surface area contributed by atoms with Crippen LogP contribution in [-0.2, 0) is 11.3 Å². The maximum Gasteiger partial charge on any atom is 0.410 e. The number of β-amino-alcohol motifs (C(OH)–C–C–N with tert-alkyl or cyclic N) is 1. The van der Waals surface area contributed by atoms with Gasteiger partial charge in [0.25, 0.3) is 0 Å². The van der Waals surface area contributed by atoms with Crippen LogP contribution in [0.2, 0.25) is 0 Å². The Balaban J connectivity index is 1.40. The van der Waals surface area contributed by atoms with Crippen molar-refractivity contribution in [2.75, 3.05) is 13.1 Å². The molecule has 0 spiro atoms. The number of thiazole rings is 1. The van der Waals surface area contributed by atoms with E-state index in [4.69, 9.17) is 4.74 Å². The van der Waals surface area contributed by atoms with Crippen LogP contribution in [0.3, 0.4) is 0 Å². The number of aromatic amines is 1. The summed E-state index contributed by atoms with van der Waals surface area (Å²) >= 11 is 1.29. The number of aryl methyl sites for hydroxylation is 1. The van der Waals surface area contributed by atoms with Crippen molar-refractivity contribution in [1.82, 2.24) is 30.3 Å². The lowest BCUT2D eigenvalue weighted by molar-refractivity contribution is -0.00406. The van der Waals surface area contributed by atoms with Crippen molar-refractivity contribution in [2.24, 2.45) is 0 Å². The summed E-state index contributed by atoms with van der Waals surface area (Å²) in [5.74, 6) is -1.42. The van der Waals surface area contributed by atoms with Gasteiger partial charge in [-0.15, -0.1) is 11.3 Å². The number of benzene rings is 1. The monoisotopic (exact) mass is 458 g/mol. The molecule has 1 fully saturated rings. The number of pyridine rings is 1. The van der Waals surface area contributed by atoms with Crippen molar-refractivity contribution in [2.45, 2.75) is 19.6 Å². The molecule has 0 bridgehead atoms. The Labute approximate surface area is 183 Å². The van der Waals surface area contributed by atoms with Gasteiger partial charge in [-0.25, -0.2) is 23.5 Å². The number of fused-ring (bicyclic) bond motifs is 1. The van der Waals surface area contributed by atoms with Gasteiger partial charge in [-0.05, 0) is 25.1 Å². The zero-order valence-corrected chi connectivity index (χ0v) is 17.5. The predicted octanol–water partition coefficient (Wildman–Crippen LogP) is 3.04. The van der Waals surface area contributed by atoms with E-state index in [0.29, 0.717) is 16.4 Å². The first-order valence-electron chi connectivity index (χ1n) is 9.63. The maximum absolute atomic E-state index is 14.9. The number of hydrogen-bond donors (Lipinski definition) is 2. The molecule has 1 aromatic carbocycles. The largest absolute Gasteiger partial charge is 0.442 e. The standard InChI is InChI=1S/C20H16F2N6O3S/c1-9-19(32-15(23-9)8-31-20(30)28-6-10(29)7-28)14-4-2-3-13(24-14)11-5-12(21)17-18(16(11)22)26-27-25-17/h2-5,10,29H,6-8H2,1H3,(H,25,26,27). The first-order valence-corrected chi connectivity index (χ1v) is 10.4. The van der Waals surface area contributed by atoms with Crippen LogP contribution in [0.5, 0.6) is 0 Å². The lowest BCUT2D eigenvalue weighted by atomic mass is 10.1. The molecule has 12 heteroatoms. The number of rotatable bonds is 4. The number of aliphatic hydroxyl groups is 1. The highest BCUT2D eigenvalue weighted by Crippen LogP contribution is 2.33. The number of aromatic nitrogens is 5. The average molecular weight is 458 g/mol. The van der Waals surface area contributed by atoms with Crippen LogP contribution in [-0.4, -0.2) is 60.7 Å². The molecule has 0 radical (unpaired) electrons. The number of ether oxygens (including phenoxy) is 1. The van der Waals surface area contributed by atoms with Crippen molar-refractivity contribution in [3.8, 4) is 21.8 Å². The van der Waals surface area contributed by atoms with Crippen LogP contribution in [0.4, 0.5) is 13.6 Å². The van der Waals surface area contributed by atoms with Crippen LogP contribution in [0.25, 0.3) is 32.9 Å². The summed E-state index contributed by atoms with van der Waals surface area (Å²) in [6.45, 7) is 2.29. The van der Waals surface area contributed by atoms with E-state index >= 15 is 0 Å². The molecular weight excluding hydrogens is 442 g/mol. The van der Waals surface area contributed by atoms with Gasteiger partial charge in [-0.1, -0.05) is 6.07 Å². The van der Waals surface area contributed by atoms with Gasteiger partial charge in [0, 0.05) is 5.56 Å². The van der Waals surface area contributed by atoms with Crippen molar-refractivity contribution < 1.29 is 23.4 Å². The fourth-order valence-electron chi connectivity index (χ4n) is 3.40. The molecule has 0 atom stereocenters. The van der Waals surface area contributed by atoms with Gasteiger partial charge < -0.3 is 14.7 Å². The maximum atomic E-state index is 14.9. The highest BCUT2D eigenvalue weighted by Gasteiger charge is 2.30. The van der Waals surface area contributed by atoms with E-state index in [-0.39, 0.29) is 42.0 Å². The second-order valence-electron chi connectivity index (χ2n) is 7.28. The van der Waals surface area contributed by atoms with Crippen molar-refractivity contribution >= 4 is 28.5 Å². The van der Waals surface area contributed by atoms with Crippen LogP contribution >= 0.6 is 11.3 Å². The van der Waals surface area contributed by atoms with E-state index in [9.17, 15) is 18.7 Å². The molecule has 1 aliphatic heterocycles. The molecule has 1 aliphatic rings.